The second-order valence-corrected chi connectivity index (χ2v) is 11.0. The number of nitrogens with zero attached hydrogens (tertiary/aromatic N) is 2. The standard InChI is InChI=1S/C34H34N2O2/c1-3-22-21-36-17-15-23(22)18-32(36)34(29-14-16-35-31-13-12-25(37-2)20-30(29)31)38-33-19-24-8-4-5-9-26(24)27-10-6-7-11-28(27)33/h4-14,16,19-20,22-23,32,34H,3,15,17-18,21H2,1-2H3/t22-,23-,32+,34-/m1/s1. The summed E-state index contributed by atoms with van der Waals surface area (Å²) in [6.07, 6.45) is 5.54. The molecule has 1 unspecified atom stereocenters. The average molecular weight is 503 g/mol. The molecule has 38 heavy (non-hydrogen) atoms. The van der Waals surface area contributed by atoms with Gasteiger partial charge in [-0.3, -0.25) is 9.88 Å². The van der Waals surface area contributed by atoms with Gasteiger partial charge in [0, 0.05) is 29.1 Å². The van der Waals surface area contributed by atoms with Gasteiger partial charge in [-0.25, -0.2) is 0 Å². The lowest BCUT2D eigenvalue weighted by Gasteiger charge is -2.52. The van der Waals surface area contributed by atoms with Crippen LogP contribution in [-0.2, 0) is 0 Å². The molecule has 3 aliphatic heterocycles. The first kappa shape index (κ1) is 23.5. The van der Waals surface area contributed by atoms with E-state index in [1.165, 1.54) is 41.0 Å². The van der Waals surface area contributed by atoms with E-state index in [1.807, 2.05) is 12.3 Å². The first-order valence-electron chi connectivity index (χ1n) is 14.0. The van der Waals surface area contributed by atoms with Crippen LogP contribution in [0.5, 0.6) is 11.5 Å². The van der Waals surface area contributed by atoms with E-state index >= 15 is 0 Å². The summed E-state index contributed by atoms with van der Waals surface area (Å²) in [6, 6.07) is 28.2. The zero-order valence-corrected chi connectivity index (χ0v) is 22.1. The van der Waals surface area contributed by atoms with Crippen LogP contribution in [-0.4, -0.2) is 36.1 Å². The number of rotatable bonds is 6. The van der Waals surface area contributed by atoms with Crippen molar-refractivity contribution >= 4 is 32.4 Å². The van der Waals surface area contributed by atoms with Crippen molar-refractivity contribution in [2.45, 2.75) is 38.3 Å². The molecule has 4 heteroatoms. The smallest absolute Gasteiger partial charge is 0.140 e. The minimum atomic E-state index is -0.113. The zero-order valence-electron chi connectivity index (χ0n) is 22.1. The van der Waals surface area contributed by atoms with Crippen LogP contribution >= 0.6 is 0 Å². The Morgan fingerprint density at radius 2 is 1.74 bits per heavy atom. The van der Waals surface area contributed by atoms with E-state index in [0.717, 1.165) is 52.7 Å². The summed E-state index contributed by atoms with van der Waals surface area (Å²) in [5, 5.41) is 5.97. The number of methoxy groups -OCH3 is 1. The van der Waals surface area contributed by atoms with Gasteiger partial charge in [-0.2, -0.15) is 0 Å². The van der Waals surface area contributed by atoms with Crippen LogP contribution in [0.25, 0.3) is 32.4 Å². The highest BCUT2D eigenvalue weighted by molar-refractivity contribution is 6.10. The molecule has 8 rings (SSSR count). The first-order chi connectivity index (χ1) is 18.7. The van der Waals surface area contributed by atoms with Crippen LogP contribution in [0.4, 0.5) is 0 Å². The van der Waals surface area contributed by atoms with Gasteiger partial charge in [0.25, 0.3) is 0 Å². The van der Waals surface area contributed by atoms with E-state index in [1.54, 1.807) is 7.11 Å². The summed E-state index contributed by atoms with van der Waals surface area (Å²) in [5.74, 6) is 3.35. The molecule has 4 heterocycles. The zero-order chi connectivity index (χ0) is 25.6. The Bertz CT molecular complexity index is 1630. The van der Waals surface area contributed by atoms with Gasteiger partial charge in [0.05, 0.1) is 18.7 Å². The summed E-state index contributed by atoms with van der Waals surface area (Å²) >= 11 is 0. The summed E-state index contributed by atoms with van der Waals surface area (Å²) in [4.78, 5) is 7.39. The maximum Gasteiger partial charge on any atom is 0.140 e. The molecular formula is C34H34N2O2. The van der Waals surface area contributed by atoms with Crippen molar-refractivity contribution in [2.75, 3.05) is 20.2 Å². The molecule has 1 aromatic heterocycles. The quantitative estimate of drug-likeness (QED) is 0.222. The molecule has 0 saturated carbocycles. The molecule has 3 saturated heterocycles. The maximum atomic E-state index is 7.25. The number of fused-ring (bicyclic) bond motifs is 7. The molecular weight excluding hydrogens is 468 g/mol. The lowest BCUT2D eigenvalue weighted by atomic mass is 9.72. The van der Waals surface area contributed by atoms with E-state index in [0.29, 0.717) is 6.04 Å². The number of aromatic nitrogens is 1. The Labute approximate surface area is 224 Å². The summed E-state index contributed by atoms with van der Waals surface area (Å²) in [7, 11) is 1.73. The van der Waals surface area contributed by atoms with E-state index in [-0.39, 0.29) is 6.10 Å². The molecule has 5 atom stereocenters. The van der Waals surface area contributed by atoms with E-state index < -0.39 is 0 Å². The molecule has 3 fully saturated rings. The fraction of sp³-hybridized carbons (Fsp3) is 0.324. The van der Waals surface area contributed by atoms with Crippen molar-refractivity contribution in [3.05, 3.63) is 90.6 Å². The molecule has 3 aliphatic rings. The van der Waals surface area contributed by atoms with Crippen LogP contribution in [0.15, 0.2) is 85.1 Å². The van der Waals surface area contributed by atoms with Gasteiger partial charge in [-0.15, -0.1) is 0 Å². The Hall–Kier alpha value is -3.63. The van der Waals surface area contributed by atoms with E-state index in [9.17, 15) is 0 Å². The molecule has 4 aromatic carbocycles. The van der Waals surface area contributed by atoms with Gasteiger partial charge in [0.2, 0.25) is 0 Å². The van der Waals surface area contributed by atoms with Gasteiger partial charge in [-0.05, 0) is 77.7 Å². The fourth-order valence-corrected chi connectivity index (χ4v) is 7.08. The van der Waals surface area contributed by atoms with Crippen LogP contribution in [0.3, 0.4) is 0 Å². The van der Waals surface area contributed by atoms with Crippen LogP contribution in [0.1, 0.15) is 37.9 Å². The summed E-state index contributed by atoms with van der Waals surface area (Å²) in [5.41, 5.74) is 2.17. The summed E-state index contributed by atoms with van der Waals surface area (Å²) in [6.45, 7) is 4.66. The number of ether oxygens (including phenoxy) is 2. The van der Waals surface area contributed by atoms with Crippen molar-refractivity contribution < 1.29 is 9.47 Å². The Balaban J connectivity index is 1.41. The van der Waals surface area contributed by atoms with Crippen molar-refractivity contribution in [1.82, 2.24) is 9.88 Å². The number of pyridine rings is 1. The van der Waals surface area contributed by atoms with Gasteiger partial charge in [-0.1, -0.05) is 61.9 Å². The van der Waals surface area contributed by atoms with Crippen molar-refractivity contribution in [3.8, 4) is 11.5 Å². The normalized spacial score (nSPS) is 23.6. The van der Waals surface area contributed by atoms with E-state index in [4.69, 9.17) is 14.5 Å². The van der Waals surface area contributed by atoms with E-state index in [2.05, 4.69) is 84.6 Å². The Morgan fingerprint density at radius 1 is 0.921 bits per heavy atom. The predicted octanol–water partition coefficient (Wildman–Crippen LogP) is 7.79. The van der Waals surface area contributed by atoms with Gasteiger partial charge in [0.1, 0.15) is 17.6 Å². The molecule has 2 bridgehead atoms. The van der Waals surface area contributed by atoms with Gasteiger partial charge in [0.15, 0.2) is 0 Å². The minimum absolute atomic E-state index is 0.113. The topological polar surface area (TPSA) is 34.6 Å². The SMILES string of the molecule is CC[C@@H]1CN2CC[C@@H]1C[C@H]2[C@H](Oc1cc2ccccc2c2ccccc12)c1ccnc2ccc(OC)cc12. The summed E-state index contributed by atoms with van der Waals surface area (Å²) < 4.78 is 12.9. The third-order valence-electron chi connectivity index (χ3n) is 9.08. The van der Waals surface area contributed by atoms with Crippen molar-refractivity contribution in [1.29, 1.82) is 0 Å². The molecule has 192 valence electrons. The molecule has 0 spiro atoms. The molecule has 0 amide bonds. The van der Waals surface area contributed by atoms with Crippen LogP contribution in [0.2, 0.25) is 0 Å². The molecule has 0 N–H and O–H groups in total. The number of benzene rings is 4. The fourth-order valence-electron chi connectivity index (χ4n) is 7.08. The highest BCUT2D eigenvalue weighted by atomic mass is 16.5. The Morgan fingerprint density at radius 3 is 2.53 bits per heavy atom. The third-order valence-corrected chi connectivity index (χ3v) is 9.08. The second kappa shape index (κ2) is 9.59. The number of piperidine rings is 3. The van der Waals surface area contributed by atoms with Crippen molar-refractivity contribution in [2.24, 2.45) is 11.8 Å². The monoisotopic (exact) mass is 502 g/mol. The largest absolute Gasteiger partial charge is 0.497 e. The van der Waals surface area contributed by atoms with Crippen LogP contribution < -0.4 is 9.47 Å². The third kappa shape index (κ3) is 3.90. The average Bonchev–Trinajstić information content (AvgIpc) is 2.99. The molecule has 0 aliphatic carbocycles. The Kier molecular flexibility index (Phi) is 5.93. The lowest BCUT2D eigenvalue weighted by molar-refractivity contribution is -0.0480. The van der Waals surface area contributed by atoms with Crippen molar-refractivity contribution in [3.63, 3.8) is 0 Å². The lowest BCUT2D eigenvalue weighted by Crippen LogP contribution is -2.56. The highest BCUT2D eigenvalue weighted by Gasteiger charge is 2.44. The minimum Gasteiger partial charge on any atom is -0.497 e. The predicted molar refractivity (Wildman–Crippen MR) is 155 cm³/mol. The maximum absolute atomic E-state index is 7.25. The highest BCUT2D eigenvalue weighted by Crippen LogP contribution is 2.45. The second-order valence-electron chi connectivity index (χ2n) is 11.0. The van der Waals surface area contributed by atoms with Crippen LogP contribution in [0, 0.1) is 11.8 Å². The first-order valence-corrected chi connectivity index (χ1v) is 14.0. The number of hydrogen-bond acceptors (Lipinski definition) is 4. The molecule has 0 radical (unpaired) electrons. The molecule has 5 aromatic rings. The molecule has 4 nitrogen and oxygen atoms in total. The van der Waals surface area contributed by atoms with Gasteiger partial charge < -0.3 is 9.47 Å². The number of hydrogen-bond donors (Lipinski definition) is 0. The van der Waals surface area contributed by atoms with Gasteiger partial charge >= 0.3 is 0 Å².